The standard InChI is InChI=1S/C15H19N3O4/c1-10(13-9-14(19)18-17-13)16-15(20)11-4-3-5-12(8-11)22-7-6-21-2/h3-5,8-10H,6-7H2,1-2H3,(H,16,20)(H2,17,18,19). The van der Waals surface area contributed by atoms with Crippen LogP contribution in [-0.2, 0) is 4.74 Å². The van der Waals surface area contributed by atoms with E-state index in [9.17, 15) is 9.59 Å². The van der Waals surface area contributed by atoms with Crippen molar-refractivity contribution in [1.29, 1.82) is 0 Å². The maximum absolute atomic E-state index is 12.2. The molecule has 22 heavy (non-hydrogen) atoms. The average Bonchev–Trinajstić information content (AvgIpc) is 2.94. The van der Waals surface area contributed by atoms with E-state index in [-0.39, 0.29) is 17.5 Å². The fourth-order valence-electron chi connectivity index (χ4n) is 1.91. The molecule has 0 saturated heterocycles. The van der Waals surface area contributed by atoms with Gasteiger partial charge in [-0.1, -0.05) is 6.07 Å². The molecule has 2 aromatic rings. The largest absolute Gasteiger partial charge is 0.491 e. The fraction of sp³-hybridized carbons (Fsp3) is 0.333. The molecule has 1 heterocycles. The molecular weight excluding hydrogens is 286 g/mol. The Morgan fingerprint density at radius 1 is 1.27 bits per heavy atom. The molecule has 118 valence electrons. The summed E-state index contributed by atoms with van der Waals surface area (Å²) in [6, 6.07) is 7.99. The Kier molecular flexibility index (Phi) is 5.37. The first-order chi connectivity index (χ1) is 10.6. The normalized spacial score (nSPS) is 11.9. The van der Waals surface area contributed by atoms with E-state index in [4.69, 9.17) is 9.47 Å². The molecule has 0 fully saturated rings. The maximum Gasteiger partial charge on any atom is 0.264 e. The van der Waals surface area contributed by atoms with Crippen molar-refractivity contribution in [2.45, 2.75) is 13.0 Å². The second-order valence-corrected chi connectivity index (χ2v) is 4.78. The first kappa shape index (κ1) is 15.8. The summed E-state index contributed by atoms with van der Waals surface area (Å²) in [4.78, 5) is 23.3. The van der Waals surface area contributed by atoms with Crippen LogP contribution < -0.4 is 15.6 Å². The quantitative estimate of drug-likeness (QED) is 0.670. The molecule has 0 aliphatic heterocycles. The Balaban J connectivity index is 1.99. The minimum absolute atomic E-state index is 0.232. The number of aromatic amines is 2. The second kappa shape index (κ2) is 7.46. The van der Waals surface area contributed by atoms with Crippen LogP contribution in [0.4, 0.5) is 0 Å². The number of ether oxygens (including phenoxy) is 2. The van der Waals surface area contributed by atoms with Crippen LogP contribution in [0.5, 0.6) is 5.75 Å². The summed E-state index contributed by atoms with van der Waals surface area (Å²) in [5, 5.41) is 7.96. The highest BCUT2D eigenvalue weighted by Gasteiger charge is 2.13. The van der Waals surface area contributed by atoms with Gasteiger partial charge in [0.1, 0.15) is 12.4 Å². The SMILES string of the molecule is COCCOc1cccc(C(=O)NC(C)c2cc(=O)[nH][nH]2)c1. The van der Waals surface area contributed by atoms with Crippen molar-refractivity contribution in [2.24, 2.45) is 0 Å². The van der Waals surface area contributed by atoms with Gasteiger partial charge >= 0.3 is 0 Å². The zero-order valence-corrected chi connectivity index (χ0v) is 12.5. The van der Waals surface area contributed by atoms with Crippen LogP contribution in [0.15, 0.2) is 35.1 Å². The molecule has 3 N–H and O–H groups in total. The fourth-order valence-corrected chi connectivity index (χ4v) is 1.91. The molecular formula is C15H19N3O4. The van der Waals surface area contributed by atoms with Gasteiger partial charge < -0.3 is 19.9 Å². The number of carbonyl (C=O) groups is 1. The van der Waals surface area contributed by atoms with Crippen molar-refractivity contribution in [3.05, 3.63) is 51.9 Å². The van der Waals surface area contributed by atoms with Crippen molar-refractivity contribution >= 4 is 5.91 Å². The van der Waals surface area contributed by atoms with Gasteiger partial charge in [-0.25, -0.2) is 0 Å². The minimum Gasteiger partial charge on any atom is -0.491 e. The van der Waals surface area contributed by atoms with Crippen LogP contribution >= 0.6 is 0 Å². The van der Waals surface area contributed by atoms with Crippen molar-refractivity contribution in [3.8, 4) is 5.75 Å². The highest BCUT2D eigenvalue weighted by atomic mass is 16.5. The summed E-state index contributed by atoms with van der Waals surface area (Å²) < 4.78 is 10.4. The summed E-state index contributed by atoms with van der Waals surface area (Å²) in [6.45, 7) is 2.69. The summed E-state index contributed by atoms with van der Waals surface area (Å²) in [5.74, 6) is 0.360. The molecule has 1 atom stereocenters. The number of hydrogen-bond donors (Lipinski definition) is 3. The molecule has 0 bridgehead atoms. The van der Waals surface area contributed by atoms with E-state index in [2.05, 4.69) is 15.5 Å². The van der Waals surface area contributed by atoms with E-state index in [0.29, 0.717) is 30.2 Å². The number of benzene rings is 1. The highest BCUT2D eigenvalue weighted by molar-refractivity contribution is 5.94. The molecule has 1 amide bonds. The molecule has 0 radical (unpaired) electrons. The number of methoxy groups -OCH3 is 1. The van der Waals surface area contributed by atoms with Crippen molar-refractivity contribution in [2.75, 3.05) is 20.3 Å². The van der Waals surface area contributed by atoms with Crippen molar-refractivity contribution in [1.82, 2.24) is 15.5 Å². The molecule has 2 rings (SSSR count). The van der Waals surface area contributed by atoms with E-state index >= 15 is 0 Å². The number of H-pyrrole nitrogens is 2. The van der Waals surface area contributed by atoms with E-state index in [1.165, 1.54) is 6.07 Å². The van der Waals surface area contributed by atoms with Crippen LogP contribution in [0, 0.1) is 0 Å². The Morgan fingerprint density at radius 2 is 2.09 bits per heavy atom. The molecule has 7 heteroatoms. The third kappa shape index (κ3) is 4.23. The topological polar surface area (TPSA) is 96.2 Å². The van der Waals surface area contributed by atoms with Crippen LogP contribution in [0.25, 0.3) is 0 Å². The summed E-state index contributed by atoms with van der Waals surface area (Å²) in [7, 11) is 1.60. The monoisotopic (exact) mass is 305 g/mol. The number of carbonyl (C=O) groups excluding carboxylic acids is 1. The maximum atomic E-state index is 12.2. The average molecular weight is 305 g/mol. The Morgan fingerprint density at radius 3 is 2.77 bits per heavy atom. The number of rotatable bonds is 7. The lowest BCUT2D eigenvalue weighted by Crippen LogP contribution is -2.27. The van der Waals surface area contributed by atoms with Gasteiger partial charge in [0, 0.05) is 18.7 Å². The Hall–Kier alpha value is -2.54. The number of aromatic nitrogens is 2. The lowest BCUT2D eigenvalue weighted by Gasteiger charge is -2.13. The van der Waals surface area contributed by atoms with Gasteiger partial charge in [0.25, 0.3) is 11.5 Å². The lowest BCUT2D eigenvalue weighted by molar-refractivity contribution is 0.0938. The molecule has 0 aliphatic carbocycles. The molecule has 7 nitrogen and oxygen atoms in total. The molecule has 0 aliphatic rings. The lowest BCUT2D eigenvalue weighted by atomic mass is 10.1. The molecule has 1 aromatic carbocycles. The third-order valence-electron chi connectivity index (χ3n) is 3.08. The van der Waals surface area contributed by atoms with Gasteiger partial charge in [0.05, 0.1) is 18.3 Å². The van der Waals surface area contributed by atoms with Crippen molar-refractivity contribution in [3.63, 3.8) is 0 Å². The number of nitrogens with one attached hydrogen (secondary N) is 3. The second-order valence-electron chi connectivity index (χ2n) is 4.78. The smallest absolute Gasteiger partial charge is 0.264 e. The number of amides is 1. The van der Waals surface area contributed by atoms with Gasteiger partial charge in [-0.05, 0) is 25.1 Å². The van der Waals surface area contributed by atoms with Crippen LogP contribution in [0.3, 0.4) is 0 Å². The van der Waals surface area contributed by atoms with Crippen molar-refractivity contribution < 1.29 is 14.3 Å². The highest BCUT2D eigenvalue weighted by Crippen LogP contribution is 2.14. The van der Waals surface area contributed by atoms with E-state index in [1.54, 1.807) is 38.3 Å². The van der Waals surface area contributed by atoms with Crippen LogP contribution in [0.1, 0.15) is 29.0 Å². The third-order valence-corrected chi connectivity index (χ3v) is 3.08. The van der Waals surface area contributed by atoms with Gasteiger partial charge in [0.2, 0.25) is 0 Å². The molecule has 1 unspecified atom stereocenters. The Bertz CT molecular complexity index is 677. The van der Waals surface area contributed by atoms with Gasteiger partial charge in [-0.2, -0.15) is 0 Å². The number of hydrogen-bond acceptors (Lipinski definition) is 4. The summed E-state index contributed by atoms with van der Waals surface area (Å²) >= 11 is 0. The first-order valence-corrected chi connectivity index (χ1v) is 6.90. The molecule has 0 saturated carbocycles. The van der Waals surface area contributed by atoms with Gasteiger partial charge in [0.15, 0.2) is 0 Å². The van der Waals surface area contributed by atoms with Gasteiger partial charge in [-0.3, -0.25) is 14.7 Å². The minimum atomic E-state index is -0.315. The Labute approximate surface area is 127 Å². The zero-order valence-electron chi connectivity index (χ0n) is 12.5. The summed E-state index contributed by atoms with van der Waals surface area (Å²) in [6.07, 6.45) is 0. The van der Waals surface area contributed by atoms with E-state index < -0.39 is 0 Å². The summed E-state index contributed by atoms with van der Waals surface area (Å²) in [5.41, 5.74) is 0.870. The molecule has 1 aromatic heterocycles. The van der Waals surface area contributed by atoms with Crippen LogP contribution in [0.2, 0.25) is 0 Å². The predicted molar refractivity (Wildman–Crippen MR) is 81.1 cm³/mol. The first-order valence-electron chi connectivity index (χ1n) is 6.90. The van der Waals surface area contributed by atoms with Crippen LogP contribution in [-0.4, -0.2) is 36.4 Å². The van der Waals surface area contributed by atoms with E-state index in [1.807, 2.05) is 0 Å². The molecule has 0 spiro atoms. The predicted octanol–water partition coefficient (Wildman–Crippen LogP) is 1.22. The van der Waals surface area contributed by atoms with E-state index in [0.717, 1.165) is 0 Å². The zero-order chi connectivity index (χ0) is 15.9. The van der Waals surface area contributed by atoms with Gasteiger partial charge in [-0.15, -0.1) is 0 Å².